The maximum absolute atomic E-state index is 8.00. The monoisotopic (exact) mass is 184 g/mol. The Hall–Kier alpha value is -0.0177. The van der Waals surface area contributed by atoms with E-state index in [2.05, 4.69) is 0 Å². The Morgan fingerprint density at radius 3 is 1.33 bits per heavy atom. The summed E-state index contributed by atoms with van der Waals surface area (Å²) in [4.78, 5) is 8.00. The molecular weight excluding hydrogens is 180 g/mol. The van der Waals surface area contributed by atoms with Crippen LogP contribution < -0.4 is 0 Å². The van der Waals surface area contributed by atoms with Gasteiger partial charge in [0.1, 0.15) is 0 Å². The van der Waals surface area contributed by atoms with Crippen molar-refractivity contribution >= 4 is 0 Å². The van der Waals surface area contributed by atoms with Gasteiger partial charge in [0, 0.05) is 20.4 Å². The average molecular weight is 184 g/mol. The van der Waals surface area contributed by atoms with Gasteiger partial charge in [0.15, 0.2) is 0 Å². The first-order valence-corrected chi connectivity index (χ1v) is 0.365. The predicted octanol–water partition coefficient (Wildman–Crippen LogP) is 1.68. The number of hydrogen-bond donors (Lipinski definition) is 0. The van der Waals surface area contributed by atoms with Gasteiger partial charge >= 0.3 is 0 Å². The zero-order chi connectivity index (χ0) is 2.71. The minimum Gasteiger partial charge on any atom is -0.693 e. The standard InChI is InChI=1S/HNO2.2H2N.Pd/c2-1-3;;;/h(H,2,3);2*1H2;/q;2*-1;/p-1. The second-order valence-corrected chi connectivity index (χ2v) is 0.0745. The molecule has 5 nitrogen and oxygen atoms in total. The van der Waals surface area contributed by atoms with Crippen LogP contribution >= 0.6 is 0 Å². The molecule has 0 aliphatic rings. The second kappa shape index (κ2) is 81.9. The summed E-state index contributed by atoms with van der Waals surface area (Å²) >= 11 is 0. The summed E-state index contributed by atoms with van der Waals surface area (Å²) in [6, 6.07) is 0. The third kappa shape index (κ3) is 114000. The molecule has 0 fully saturated rings. The summed E-state index contributed by atoms with van der Waals surface area (Å²) in [5.74, 6) is 0. The maximum Gasteiger partial charge on any atom is 0 e. The van der Waals surface area contributed by atoms with E-state index in [0.29, 0.717) is 0 Å². The van der Waals surface area contributed by atoms with Gasteiger partial charge < -0.3 is 22.4 Å². The Bertz CT molecular complexity index is 16.3. The molecule has 6 heteroatoms. The van der Waals surface area contributed by atoms with Crippen molar-refractivity contribution in [2.45, 2.75) is 0 Å². The van der Waals surface area contributed by atoms with Crippen LogP contribution in [-0.4, -0.2) is 0 Å². The van der Waals surface area contributed by atoms with Crippen LogP contribution in [0.5, 0.6) is 0 Å². The molecule has 0 atom stereocenters. The molecule has 4 N–H and O–H groups in total. The van der Waals surface area contributed by atoms with Crippen LogP contribution in [0.3, 0.4) is 0 Å². The third-order valence-corrected chi connectivity index (χ3v) is 0. The molecule has 0 amide bonds. The smallest absolute Gasteiger partial charge is 0 e. The van der Waals surface area contributed by atoms with Crippen LogP contribution in [0.25, 0.3) is 12.3 Å². The van der Waals surface area contributed by atoms with Crippen molar-refractivity contribution in [3.05, 3.63) is 22.4 Å². The fourth-order valence-electron chi connectivity index (χ4n) is 0. The summed E-state index contributed by atoms with van der Waals surface area (Å²) in [5, 5.41) is 9.00. The molecule has 0 spiro atoms. The topological polar surface area (TPSA) is 119 Å². The van der Waals surface area contributed by atoms with Crippen LogP contribution in [0.15, 0.2) is 5.34 Å². The van der Waals surface area contributed by atoms with E-state index in [1.54, 1.807) is 0 Å². The molecule has 0 rings (SSSR count). The zero-order valence-corrected chi connectivity index (χ0v) is 4.29. The molecule has 0 unspecified atom stereocenters. The van der Waals surface area contributed by atoms with Crippen molar-refractivity contribution < 1.29 is 20.4 Å². The molecule has 6 heavy (non-hydrogen) atoms. The molecule has 0 aliphatic heterocycles. The minimum absolute atomic E-state index is 0. The van der Waals surface area contributed by atoms with E-state index >= 15 is 0 Å². The molecule has 0 aliphatic carbocycles. The van der Waals surface area contributed by atoms with Gasteiger partial charge in [-0.3, -0.25) is 0 Å². The van der Waals surface area contributed by atoms with Gasteiger partial charge in [-0.05, 0) is 0 Å². The van der Waals surface area contributed by atoms with Crippen molar-refractivity contribution in [1.82, 2.24) is 0 Å². The van der Waals surface area contributed by atoms with E-state index < -0.39 is 0 Å². The molecular formula is H4N3O2Pd-3. The van der Waals surface area contributed by atoms with E-state index in [9.17, 15) is 0 Å². The van der Waals surface area contributed by atoms with Crippen molar-refractivity contribution in [3.8, 4) is 0 Å². The van der Waals surface area contributed by atoms with Gasteiger partial charge in [-0.2, -0.15) is 0 Å². The van der Waals surface area contributed by atoms with Crippen molar-refractivity contribution in [2.75, 3.05) is 0 Å². The summed E-state index contributed by atoms with van der Waals surface area (Å²) < 4.78 is 0. The summed E-state index contributed by atoms with van der Waals surface area (Å²) in [5.41, 5.74) is 0. The summed E-state index contributed by atoms with van der Waals surface area (Å²) in [7, 11) is 0. The Labute approximate surface area is 48.9 Å². The molecule has 44 valence electrons. The zero-order valence-electron chi connectivity index (χ0n) is 2.73. The number of nitrogens with zero attached hydrogens (tertiary/aromatic N) is 1. The fraction of sp³-hybridized carbons (Fsp3) is 0. The Morgan fingerprint density at radius 2 is 1.33 bits per heavy atom. The van der Waals surface area contributed by atoms with Gasteiger partial charge in [-0.25, -0.2) is 0 Å². The predicted molar refractivity (Wildman–Crippen MR) is 19.7 cm³/mol. The van der Waals surface area contributed by atoms with E-state index in [1.165, 1.54) is 0 Å². The van der Waals surface area contributed by atoms with Crippen LogP contribution in [0.2, 0.25) is 0 Å². The molecule has 0 heterocycles. The number of hydrogen-bond acceptors (Lipinski definition) is 3. The van der Waals surface area contributed by atoms with Gasteiger partial charge in [0.2, 0.25) is 0 Å². The molecule has 0 aromatic rings. The first kappa shape index (κ1) is 37.8. The van der Waals surface area contributed by atoms with E-state index in [0.717, 1.165) is 5.34 Å². The van der Waals surface area contributed by atoms with Crippen molar-refractivity contribution in [2.24, 2.45) is 5.34 Å². The van der Waals surface area contributed by atoms with Crippen molar-refractivity contribution in [3.63, 3.8) is 0 Å². The quantitative estimate of drug-likeness (QED) is 0.323. The van der Waals surface area contributed by atoms with Crippen molar-refractivity contribution in [1.29, 1.82) is 0 Å². The molecule has 0 saturated carbocycles. The third-order valence-electron chi connectivity index (χ3n) is 0. The molecule has 0 aromatic carbocycles. The van der Waals surface area contributed by atoms with Crippen LogP contribution in [0.4, 0.5) is 0 Å². The Kier molecular flexibility index (Phi) is 516. The fourth-order valence-corrected chi connectivity index (χ4v) is 0. The Morgan fingerprint density at radius 1 is 1.33 bits per heavy atom. The minimum atomic E-state index is 0. The number of nitrogens with two attached hydrogens (primary N) is 2. The number of rotatable bonds is 0. The van der Waals surface area contributed by atoms with Gasteiger partial charge in [0.05, 0.1) is 0 Å². The summed E-state index contributed by atoms with van der Waals surface area (Å²) in [6.07, 6.45) is 0. The van der Waals surface area contributed by atoms with E-state index in [-0.39, 0.29) is 32.7 Å². The normalized spacial score (nSPS) is 2.00. The molecule has 0 radical (unpaired) electrons. The first-order chi connectivity index (χ1) is 1.41. The second-order valence-electron chi connectivity index (χ2n) is 0.0745. The molecule has 0 aromatic heterocycles. The van der Waals surface area contributed by atoms with Gasteiger partial charge in [-0.15, -0.1) is 5.34 Å². The summed E-state index contributed by atoms with van der Waals surface area (Å²) in [6.45, 7) is 0. The first-order valence-electron chi connectivity index (χ1n) is 0.365. The van der Waals surface area contributed by atoms with Gasteiger partial charge in [-0.1, -0.05) is 0 Å². The Balaban J connectivity index is -0.00000000667. The van der Waals surface area contributed by atoms with E-state index in [4.69, 9.17) is 10.1 Å². The van der Waals surface area contributed by atoms with Crippen LogP contribution in [0, 0.1) is 10.1 Å². The maximum atomic E-state index is 8.00. The SMILES string of the molecule is O=N[O-].[NH2-].[NH2-].[Pd]. The van der Waals surface area contributed by atoms with Gasteiger partial charge in [0.25, 0.3) is 0 Å². The molecule has 0 saturated heterocycles. The average Bonchev–Trinajstić information content (AvgIpc) is 0.918. The van der Waals surface area contributed by atoms with E-state index in [1.807, 2.05) is 0 Å². The largest absolute Gasteiger partial charge is 0.693 e. The van der Waals surface area contributed by atoms with Crippen LogP contribution in [-0.2, 0) is 20.4 Å². The van der Waals surface area contributed by atoms with Crippen LogP contribution in [0.1, 0.15) is 0 Å². The molecule has 0 bridgehead atoms.